The number of hydrogen-bond donors (Lipinski definition) is 1. The Bertz CT molecular complexity index is 1150. The molecule has 152 valence electrons. The summed E-state index contributed by atoms with van der Waals surface area (Å²) < 4.78 is 12.5. The summed E-state index contributed by atoms with van der Waals surface area (Å²) in [6.45, 7) is 0.389. The number of methoxy groups -OCH3 is 2. The van der Waals surface area contributed by atoms with Crippen LogP contribution in [0.4, 0.5) is 5.82 Å². The van der Waals surface area contributed by atoms with E-state index < -0.39 is 0 Å². The van der Waals surface area contributed by atoms with Crippen LogP contribution in [-0.4, -0.2) is 44.9 Å². The minimum absolute atomic E-state index is 0.200. The maximum absolute atomic E-state index is 12.7. The van der Waals surface area contributed by atoms with Crippen molar-refractivity contribution in [2.75, 3.05) is 19.5 Å². The van der Waals surface area contributed by atoms with Crippen LogP contribution in [0, 0.1) is 0 Å². The van der Waals surface area contributed by atoms with Crippen LogP contribution in [0.15, 0.2) is 67.0 Å². The zero-order valence-electron chi connectivity index (χ0n) is 16.5. The van der Waals surface area contributed by atoms with Crippen molar-refractivity contribution in [3.05, 3.63) is 78.2 Å². The molecule has 0 spiro atoms. The molecule has 9 nitrogen and oxygen atoms in total. The molecule has 4 rings (SSSR count). The summed E-state index contributed by atoms with van der Waals surface area (Å²) >= 11 is 0. The molecule has 1 amide bonds. The highest BCUT2D eigenvalue weighted by Gasteiger charge is 2.16. The molecule has 0 atom stereocenters. The van der Waals surface area contributed by atoms with Crippen molar-refractivity contribution in [3.8, 4) is 17.2 Å². The molecule has 9 heteroatoms. The number of benzene rings is 2. The quantitative estimate of drug-likeness (QED) is 0.509. The summed E-state index contributed by atoms with van der Waals surface area (Å²) in [5.41, 5.74) is 1.84. The predicted molar refractivity (Wildman–Crippen MR) is 110 cm³/mol. The number of ether oxygens (including phenoxy) is 2. The van der Waals surface area contributed by atoms with Gasteiger partial charge in [-0.1, -0.05) is 30.3 Å². The van der Waals surface area contributed by atoms with Gasteiger partial charge < -0.3 is 14.8 Å². The first-order valence-electron chi connectivity index (χ1n) is 9.20. The fraction of sp³-hybridized carbons (Fsp3) is 0.143. The number of para-hydroxylation sites is 2. The molecule has 0 saturated heterocycles. The summed E-state index contributed by atoms with van der Waals surface area (Å²) in [4.78, 5) is 14.1. The minimum atomic E-state index is -0.378. The molecule has 0 fully saturated rings. The molecule has 0 aliphatic rings. The van der Waals surface area contributed by atoms with E-state index in [9.17, 15) is 4.79 Å². The van der Waals surface area contributed by atoms with E-state index in [2.05, 4.69) is 20.6 Å². The molecule has 0 aliphatic carbocycles. The normalized spacial score (nSPS) is 10.6. The van der Waals surface area contributed by atoms with Crippen LogP contribution in [0.1, 0.15) is 16.1 Å². The first-order chi connectivity index (χ1) is 14.7. The van der Waals surface area contributed by atoms with E-state index >= 15 is 0 Å². The molecule has 0 saturated carbocycles. The molecule has 0 bridgehead atoms. The third-order valence-electron chi connectivity index (χ3n) is 4.47. The lowest BCUT2D eigenvalue weighted by Crippen LogP contribution is -2.17. The summed E-state index contributed by atoms with van der Waals surface area (Å²) in [5, 5.41) is 15.6. The lowest BCUT2D eigenvalue weighted by molar-refractivity contribution is 0.102. The number of carbonyl (C=O) groups excluding carboxylic acids is 1. The van der Waals surface area contributed by atoms with Gasteiger partial charge in [-0.2, -0.15) is 15.0 Å². The fourth-order valence-corrected chi connectivity index (χ4v) is 3.04. The van der Waals surface area contributed by atoms with E-state index in [4.69, 9.17) is 9.47 Å². The average Bonchev–Trinajstić information content (AvgIpc) is 3.44. The maximum Gasteiger partial charge on any atom is 0.279 e. The average molecular weight is 404 g/mol. The second-order valence-electron chi connectivity index (χ2n) is 6.34. The molecule has 1 N–H and O–H groups in total. The fourth-order valence-electron chi connectivity index (χ4n) is 3.04. The monoisotopic (exact) mass is 404 g/mol. The van der Waals surface area contributed by atoms with Crippen LogP contribution in [0.2, 0.25) is 0 Å². The molecule has 4 aromatic rings. The molecule has 2 aromatic carbocycles. The van der Waals surface area contributed by atoms with Crippen molar-refractivity contribution in [3.63, 3.8) is 0 Å². The smallest absolute Gasteiger partial charge is 0.279 e. The number of carbonyl (C=O) groups is 1. The highest BCUT2D eigenvalue weighted by atomic mass is 16.5. The van der Waals surface area contributed by atoms with E-state index in [0.29, 0.717) is 23.9 Å². The molecular formula is C21H20N6O3. The van der Waals surface area contributed by atoms with Crippen molar-refractivity contribution in [1.82, 2.24) is 24.8 Å². The van der Waals surface area contributed by atoms with Crippen molar-refractivity contribution in [2.24, 2.45) is 0 Å². The van der Waals surface area contributed by atoms with Gasteiger partial charge in [0.1, 0.15) is 5.82 Å². The zero-order valence-corrected chi connectivity index (χ0v) is 16.5. The molecule has 2 aromatic heterocycles. The number of nitrogens with one attached hydrogen (secondary N) is 1. The highest BCUT2D eigenvalue weighted by Crippen LogP contribution is 2.31. The second kappa shape index (κ2) is 8.48. The van der Waals surface area contributed by atoms with E-state index in [0.717, 1.165) is 11.3 Å². The van der Waals surface area contributed by atoms with Gasteiger partial charge >= 0.3 is 0 Å². The van der Waals surface area contributed by atoms with Crippen LogP contribution in [0.5, 0.6) is 11.5 Å². The van der Waals surface area contributed by atoms with Gasteiger partial charge in [0, 0.05) is 11.6 Å². The molecule has 30 heavy (non-hydrogen) atoms. The number of amides is 1. The second-order valence-corrected chi connectivity index (χ2v) is 6.34. The summed E-state index contributed by atoms with van der Waals surface area (Å²) in [5.74, 6) is 1.40. The van der Waals surface area contributed by atoms with Crippen LogP contribution < -0.4 is 14.8 Å². The molecule has 0 unspecified atom stereocenters. The Kier molecular flexibility index (Phi) is 5.42. The maximum atomic E-state index is 12.7. The van der Waals surface area contributed by atoms with Crippen LogP contribution in [0.3, 0.4) is 0 Å². The largest absolute Gasteiger partial charge is 0.493 e. The van der Waals surface area contributed by atoms with Crippen molar-refractivity contribution in [2.45, 2.75) is 6.54 Å². The van der Waals surface area contributed by atoms with E-state index in [1.807, 2.05) is 48.5 Å². The number of nitrogens with zero attached hydrogens (tertiary/aromatic N) is 5. The highest BCUT2D eigenvalue weighted by molar-refractivity contribution is 6.02. The lowest BCUT2D eigenvalue weighted by Gasteiger charge is -2.14. The van der Waals surface area contributed by atoms with Crippen LogP contribution in [0.25, 0.3) is 5.69 Å². The summed E-state index contributed by atoms with van der Waals surface area (Å²) in [6, 6.07) is 16.7. The van der Waals surface area contributed by atoms with Gasteiger partial charge in [0.15, 0.2) is 17.2 Å². The SMILES string of the molecule is COc1cccc(Cn2nccc2NC(=O)c2cnn(-c3ccccc3)n2)c1OC. The zero-order chi connectivity index (χ0) is 20.9. The Morgan fingerprint density at radius 2 is 1.83 bits per heavy atom. The Hall–Kier alpha value is -4.14. The van der Waals surface area contributed by atoms with Crippen LogP contribution in [-0.2, 0) is 6.54 Å². The minimum Gasteiger partial charge on any atom is -0.493 e. The van der Waals surface area contributed by atoms with E-state index in [1.165, 1.54) is 11.0 Å². The number of rotatable bonds is 7. The third kappa shape index (κ3) is 3.86. The van der Waals surface area contributed by atoms with Gasteiger partial charge in [0.2, 0.25) is 0 Å². The van der Waals surface area contributed by atoms with Gasteiger partial charge in [-0.3, -0.25) is 4.79 Å². The predicted octanol–water partition coefficient (Wildman–Crippen LogP) is 2.78. The van der Waals surface area contributed by atoms with Gasteiger partial charge in [0.25, 0.3) is 5.91 Å². The van der Waals surface area contributed by atoms with E-state index in [1.54, 1.807) is 31.2 Å². The summed E-state index contributed by atoms with van der Waals surface area (Å²) in [7, 11) is 3.17. The Labute approximate surface area is 172 Å². The Morgan fingerprint density at radius 1 is 1.00 bits per heavy atom. The molecular weight excluding hydrogens is 384 g/mol. The van der Waals surface area contributed by atoms with Crippen molar-refractivity contribution in [1.29, 1.82) is 0 Å². The van der Waals surface area contributed by atoms with E-state index in [-0.39, 0.29) is 11.6 Å². The van der Waals surface area contributed by atoms with Crippen molar-refractivity contribution >= 4 is 11.7 Å². The van der Waals surface area contributed by atoms with Crippen LogP contribution >= 0.6 is 0 Å². The summed E-state index contributed by atoms with van der Waals surface area (Å²) in [6.07, 6.45) is 3.04. The first kappa shape index (κ1) is 19.2. The number of anilines is 1. The Morgan fingerprint density at radius 3 is 2.60 bits per heavy atom. The van der Waals surface area contributed by atoms with Gasteiger partial charge in [-0.25, -0.2) is 4.68 Å². The number of hydrogen-bond acceptors (Lipinski definition) is 6. The standard InChI is InChI=1S/C21H20N6O3/c1-29-18-10-6-7-15(20(18)30-2)14-26-19(11-12-22-26)24-21(28)17-13-23-27(25-17)16-8-4-3-5-9-16/h3-13H,14H2,1-2H3,(H,24,28). The lowest BCUT2D eigenvalue weighted by atomic mass is 10.2. The number of aromatic nitrogens is 5. The molecule has 0 aliphatic heterocycles. The Balaban J connectivity index is 1.52. The molecule has 0 radical (unpaired) electrons. The topological polar surface area (TPSA) is 96.1 Å². The van der Waals surface area contributed by atoms with Crippen molar-refractivity contribution < 1.29 is 14.3 Å². The van der Waals surface area contributed by atoms with Gasteiger partial charge in [-0.15, -0.1) is 5.10 Å². The third-order valence-corrected chi connectivity index (χ3v) is 4.47. The van der Waals surface area contributed by atoms with Gasteiger partial charge in [-0.05, 0) is 18.2 Å². The first-order valence-corrected chi connectivity index (χ1v) is 9.20. The molecule has 2 heterocycles. The van der Waals surface area contributed by atoms with Gasteiger partial charge in [0.05, 0.1) is 38.8 Å².